The molecule has 0 fully saturated rings. The first-order valence-corrected chi connectivity index (χ1v) is 8.99. The van der Waals surface area contributed by atoms with Crippen LogP contribution in [-0.4, -0.2) is 35.7 Å². The van der Waals surface area contributed by atoms with E-state index in [1.165, 1.54) is 17.5 Å². The lowest BCUT2D eigenvalue weighted by atomic mass is 9.87. The molecule has 0 aliphatic heterocycles. The van der Waals surface area contributed by atoms with Crippen LogP contribution in [0.1, 0.15) is 30.9 Å². The van der Waals surface area contributed by atoms with Crippen molar-refractivity contribution in [2.24, 2.45) is 0 Å². The predicted molar refractivity (Wildman–Crippen MR) is 97.7 cm³/mol. The van der Waals surface area contributed by atoms with Gasteiger partial charge >= 0.3 is 0 Å². The van der Waals surface area contributed by atoms with Crippen LogP contribution in [0.5, 0.6) is 11.5 Å². The van der Waals surface area contributed by atoms with Crippen molar-refractivity contribution in [2.45, 2.75) is 38.6 Å². The van der Waals surface area contributed by atoms with Crippen LogP contribution in [0.4, 0.5) is 0 Å². The molecule has 0 bridgehead atoms. The molecule has 1 atom stereocenters. The molecule has 1 aliphatic rings. The first kappa shape index (κ1) is 16.8. The second-order valence-electron chi connectivity index (χ2n) is 6.55. The van der Waals surface area contributed by atoms with Crippen LogP contribution < -0.4 is 4.74 Å². The fourth-order valence-corrected chi connectivity index (χ4v) is 3.60. The van der Waals surface area contributed by atoms with Crippen molar-refractivity contribution in [3.63, 3.8) is 0 Å². The molecule has 0 amide bonds. The highest BCUT2D eigenvalue weighted by atomic mass is 16.5. The first-order chi connectivity index (χ1) is 11.8. The van der Waals surface area contributed by atoms with Gasteiger partial charge in [0, 0.05) is 12.6 Å². The molecule has 128 valence electrons. The Bertz CT molecular complexity index is 642. The molecule has 0 saturated heterocycles. The predicted octanol–water partition coefficient (Wildman–Crippen LogP) is 4.04. The van der Waals surface area contributed by atoms with E-state index in [4.69, 9.17) is 4.74 Å². The molecule has 1 N–H and O–H groups in total. The first-order valence-electron chi connectivity index (χ1n) is 8.99. The van der Waals surface area contributed by atoms with Gasteiger partial charge in [0.15, 0.2) is 0 Å². The van der Waals surface area contributed by atoms with Gasteiger partial charge in [0.1, 0.15) is 18.1 Å². The van der Waals surface area contributed by atoms with Crippen LogP contribution in [-0.2, 0) is 12.8 Å². The molecule has 1 unspecified atom stereocenters. The summed E-state index contributed by atoms with van der Waals surface area (Å²) in [7, 11) is 0. The smallest absolute Gasteiger partial charge is 0.119 e. The van der Waals surface area contributed by atoms with E-state index in [9.17, 15) is 5.11 Å². The summed E-state index contributed by atoms with van der Waals surface area (Å²) in [5, 5.41) is 9.75. The third kappa shape index (κ3) is 4.30. The van der Waals surface area contributed by atoms with Gasteiger partial charge in [0.2, 0.25) is 0 Å². The van der Waals surface area contributed by atoms with Crippen molar-refractivity contribution < 1.29 is 9.84 Å². The summed E-state index contributed by atoms with van der Waals surface area (Å²) < 4.78 is 5.88. The number of rotatable bonds is 7. The number of hydrogen-bond donors (Lipinski definition) is 1. The molecule has 1 aliphatic carbocycles. The van der Waals surface area contributed by atoms with E-state index in [1.807, 2.05) is 36.4 Å². The summed E-state index contributed by atoms with van der Waals surface area (Å²) in [6.45, 7) is 4.99. The van der Waals surface area contributed by atoms with Gasteiger partial charge < -0.3 is 9.84 Å². The minimum Gasteiger partial charge on any atom is -0.508 e. The number of phenols is 1. The van der Waals surface area contributed by atoms with Crippen LogP contribution in [0.25, 0.3) is 0 Å². The number of aryl methyl sites for hydroxylation is 1. The Morgan fingerprint density at radius 1 is 1.08 bits per heavy atom. The Balaban J connectivity index is 1.59. The number of nitrogens with zero attached hydrogens (tertiary/aromatic N) is 1. The molecule has 2 aromatic rings. The summed E-state index contributed by atoms with van der Waals surface area (Å²) in [5.41, 5.74) is 2.69. The molecule has 0 heterocycles. The second-order valence-corrected chi connectivity index (χ2v) is 6.55. The zero-order chi connectivity index (χ0) is 16.8. The third-order valence-corrected chi connectivity index (χ3v) is 4.81. The molecule has 0 spiro atoms. The molecule has 3 rings (SSSR count). The summed E-state index contributed by atoms with van der Waals surface area (Å²) >= 11 is 0. The van der Waals surface area contributed by atoms with Crippen molar-refractivity contribution in [2.75, 3.05) is 19.7 Å². The maximum Gasteiger partial charge on any atom is 0.119 e. The highest BCUT2D eigenvalue weighted by Crippen LogP contribution is 2.27. The van der Waals surface area contributed by atoms with Gasteiger partial charge in [-0.3, -0.25) is 4.90 Å². The van der Waals surface area contributed by atoms with Crippen molar-refractivity contribution in [3.8, 4) is 11.5 Å². The zero-order valence-corrected chi connectivity index (χ0v) is 14.4. The van der Waals surface area contributed by atoms with Crippen molar-refractivity contribution in [3.05, 3.63) is 59.7 Å². The SMILES string of the molecule is CCCN(CCOc1ccccc1)C1CCc2ccc(O)cc2C1. The molecule has 2 aromatic carbocycles. The number of benzene rings is 2. The minimum absolute atomic E-state index is 0.379. The Morgan fingerprint density at radius 3 is 2.71 bits per heavy atom. The van der Waals surface area contributed by atoms with E-state index in [1.54, 1.807) is 6.07 Å². The summed E-state index contributed by atoms with van der Waals surface area (Å²) in [5.74, 6) is 1.32. The normalized spacial score (nSPS) is 16.8. The van der Waals surface area contributed by atoms with E-state index in [0.29, 0.717) is 18.4 Å². The topological polar surface area (TPSA) is 32.7 Å². The summed E-state index contributed by atoms with van der Waals surface area (Å²) in [6.07, 6.45) is 4.45. The van der Waals surface area contributed by atoms with E-state index in [-0.39, 0.29) is 0 Å². The van der Waals surface area contributed by atoms with Gasteiger partial charge in [-0.1, -0.05) is 31.2 Å². The quantitative estimate of drug-likeness (QED) is 0.834. The van der Waals surface area contributed by atoms with Crippen LogP contribution in [0.3, 0.4) is 0 Å². The molecule has 0 radical (unpaired) electrons. The molecule has 3 heteroatoms. The minimum atomic E-state index is 0.379. The van der Waals surface area contributed by atoms with Crippen LogP contribution >= 0.6 is 0 Å². The number of aromatic hydroxyl groups is 1. The maximum atomic E-state index is 9.75. The Morgan fingerprint density at radius 2 is 1.92 bits per heavy atom. The fourth-order valence-electron chi connectivity index (χ4n) is 3.60. The van der Waals surface area contributed by atoms with Crippen LogP contribution in [0.2, 0.25) is 0 Å². The monoisotopic (exact) mass is 325 g/mol. The zero-order valence-electron chi connectivity index (χ0n) is 14.4. The molecular weight excluding hydrogens is 298 g/mol. The molecule has 24 heavy (non-hydrogen) atoms. The van der Waals surface area contributed by atoms with E-state index < -0.39 is 0 Å². The Kier molecular flexibility index (Phi) is 5.76. The number of hydrogen-bond acceptors (Lipinski definition) is 3. The van der Waals surface area contributed by atoms with Gasteiger partial charge in [0.05, 0.1) is 0 Å². The fraction of sp³-hybridized carbons (Fsp3) is 0.429. The van der Waals surface area contributed by atoms with Crippen LogP contribution in [0.15, 0.2) is 48.5 Å². The lowest BCUT2D eigenvalue weighted by Gasteiger charge is -2.35. The standard InChI is InChI=1S/C21H27NO2/c1-2-12-22(13-14-24-21-6-4-3-5-7-21)19-10-8-17-9-11-20(23)16-18(17)15-19/h3-7,9,11,16,19,23H,2,8,10,12-15H2,1H3. The lowest BCUT2D eigenvalue weighted by molar-refractivity contribution is 0.147. The van der Waals surface area contributed by atoms with Crippen molar-refractivity contribution in [1.29, 1.82) is 0 Å². The summed E-state index contributed by atoms with van der Waals surface area (Å²) in [4.78, 5) is 2.55. The van der Waals surface area contributed by atoms with Crippen molar-refractivity contribution in [1.82, 2.24) is 4.90 Å². The number of para-hydroxylation sites is 1. The maximum absolute atomic E-state index is 9.75. The lowest BCUT2D eigenvalue weighted by Crippen LogP contribution is -2.42. The highest BCUT2D eigenvalue weighted by Gasteiger charge is 2.24. The van der Waals surface area contributed by atoms with E-state index in [2.05, 4.69) is 17.9 Å². The van der Waals surface area contributed by atoms with Gasteiger partial charge in [-0.2, -0.15) is 0 Å². The molecule has 0 aromatic heterocycles. The molecule has 0 saturated carbocycles. The number of phenolic OH excluding ortho intramolecular Hbond substituents is 1. The van der Waals surface area contributed by atoms with Crippen LogP contribution in [0, 0.1) is 0 Å². The summed E-state index contributed by atoms with van der Waals surface area (Å²) in [6, 6.07) is 16.4. The Labute approximate surface area is 144 Å². The highest BCUT2D eigenvalue weighted by molar-refractivity contribution is 5.37. The largest absolute Gasteiger partial charge is 0.508 e. The number of fused-ring (bicyclic) bond motifs is 1. The van der Waals surface area contributed by atoms with E-state index in [0.717, 1.165) is 38.1 Å². The molecular formula is C21H27NO2. The van der Waals surface area contributed by atoms with Gasteiger partial charge in [0.25, 0.3) is 0 Å². The van der Waals surface area contributed by atoms with Gasteiger partial charge in [-0.15, -0.1) is 0 Å². The second kappa shape index (κ2) is 8.20. The van der Waals surface area contributed by atoms with Gasteiger partial charge in [-0.05, 0) is 67.6 Å². The van der Waals surface area contributed by atoms with Gasteiger partial charge in [-0.25, -0.2) is 0 Å². The third-order valence-electron chi connectivity index (χ3n) is 4.81. The van der Waals surface area contributed by atoms with E-state index >= 15 is 0 Å². The average molecular weight is 325 g/mol. The Hall–Kier alpha value is -2.00. The van der Waals surface area contributed by atoms with Crippen molar-refractivity contribution >= 4 is 0 Å². The number of ether oxygens (including phenoxy) is 1. The average Bonchev–Trinajstić information content (AvgIpc) is 2.61. The molecule has 3 nitrogen and oxygen atoms in total.